The second-order valence-electron chi connectivity index (χ2n) is 5.68. The normalized spacial score (nSPS) is 11.3. The molecule has 0 fully saturated rings. The lowest BCUT2D eigenvalue weighted by atomic mass is 10.2. The van der Waals surface area contributed by atoms with Crippen LogP contribution < -0.4 is 5.32 Å². The fraction of sp³-hybridized carbons (Fsp3) is 0.556. The Hall–Kier alpha value is -1.88. The number of hydrogen-bond donors (Lipinski definition) is 1. The number of fused-ring (bicyclic) bond motifs is 1. The van der Waals surface area contributed by atoms with Crippen molar-refractivity contribution >= 4 is 11.6 Å². The molecular formula is C18H28N4O. The number of pyridine rings is 1. The molecule has 126 valence electrons. The minimum atomic E-state index is -0.0246. The number of imidazole rings is 1. The standard InChI is InChI=1S/C18H28N4O/c1-4-15-17(22-14-9-7-11-16(22)20-15)18(23)19-12-8-10-13-21(5-2)6-3/h7,9,11,14H,4-6,8,10,12-13H2,1-3H3,(H,19,23). The molecule has 0 aliphatic carbocycles. The Morgan fingerprint density at radius 2 is 2.00 bits per heavy atom. The lowest BCUT2D eigenvalue weighted by molar-refractivity contribution is 0.0945. The molecule has 0 aromatic carbocycles. The van der Waals surface area contributed by atoms with Crippen molar-refractivity contribution in [3.8, 4) is 0 Å². The number of hydrogen-bond acceptors (Lipinski definition) is 3. The molecule has 2 heterocycles. The molecule has 0 aliphatic rings. The molecule has 2 aromatic heterocycles. The van der Waals surface area contributed by atoms with Gasteiger partial charge in [-0.2, -0.15) is 0 Å². The van der Waals surface area contributed by atoms with Crippen LogP contribution in [0.4, 0.5) is 0 Å². The topological polar surface area (TPSA) is 49.6 Å². The van der Waals surface area contributed by atoms with Gasteiger partial charge in [0.15, 0.2) is 0 Å². The van der Waals surface area contributed by atoms with E-state index in [-0.39, 0.29) is 5.91 Å². The van der Waals surface area contributed by atoms with Gasteiger partial charge in [-0.1, -0.05) is 26.8 Å². The van der Waals surface area contributed by atoms with E-state index in [4.69, 9.17) is 0 Å². The van der Waals surface area contributed by atoms with Crippen molar-refractivity contribution in [2.24, 2.45) is 0 Å². The van der Waals surface area contributed by atoms with E-state index >= 15 is 0 Å². The van der Waals surface area contributed by atoms with Crippen LogP contribution in [0.1, 0.15) is 49.8 Å². The van der Waals surface area contributed by atoms with Crippen molar-refractivity contribution in [3.05, 3.63) is 35.8 Å². The third kappa shape index (κ3) is 4.32. The van der Waals surface area contributed by atoms with Gasteiger partial charge in [0.2, 0.25) is 0 Å². The van der Waals surface area contributed by atoms with Crippen molar-refractivity contribution in [2.75, 3.05) is 26.2 Å². The van der Waals surface area contributed by atoms with Crippen molar-refractivity contribution < 1.29 is 4.79 Å². The maximum Gasteiger partial charge on any atom is 0.270 e. The highest BCUT2D eigenvalue weighted by molar-refractivity contribution is 5.94. The van der Waals surface area contributed by atoms with Crippen molar-refractivity contribution in [1.82, 2.24) is 19.6 Å². The molecule has 2 aromatic rings. The molecule has 0 aliphatic heterocycles. The molecule has 2 rings (SSSR count). The van der Waals surface area contributed by atoms with Gasteiger partial charge in [-0.25, -0.2) is 4.98 Å². The smallest absolute Gasteiger partial charge is 0.270 e. The summed E-state index contributed by atoms with van der Waals surface area (Å²) in [6.45, 7) is 10.4. The summed E-state index contributed by atoms with van der Waals surface area (Å²) in [5.41, 5.74) is 2.36. The van der Waals surface area contributed by atoms with Crippen LogP contribution >= 0.6 is 0 Å². The van der Waals surface area contributed by atoms with Gasteiger partial charge < -0.3 is 10.2 Å². The number of nitrogens with zero attached hydrogens (tertiary/aromatic N) is 3. The SMILES string of the molecule is CCc1nc2ccccn2c1C(=O)NCCCCN(CC)CC. The molecule has 5 nitrogen and oxygen atoms in total. The van der Waals surface area contributed by atoms with Gasteiger partial charge >= 0.3 is 0 Å². The number of aryl methyl sites for hydroxylation is 1. The van der Waals surface area contributed by atoms with E-state index < -0.39 is 0 Å². The maximum atomic E-state index is 12.5. The highest BCUT2D eigenvalue weighted by Crippen LogP contribution is 2.13. The highest BCUT2D eigenvalue weighted by atomic mass is 16.1. The molecule has 0 radical (unpaired) electrons. The lowest BCUT2D eigenvalue weighted by Gasteiger charge is -2.17. The molecule has 0 saturated carbocycles. The average Bonchev–Trinajstić information content (AvgIpc) is 2.96. The molecule has 1 amide bonds. The summed E-state index contributed by atoms with van der Waals surface area (Å²) < 4.78 is 1.88. The zero-order valence-corrected chi connectivity index (χ0v) is 14.5. The van der Waals surface area contributed by atoms with Gasteiger partial charge in [0, 0.05) is 12.7 Å². The number of aromatic nitrogens is 2. The van der Waals surface area contributed by atoms with Crippen LogP contribution in [0.25, 0.3) is 5.65 Å². The van der Waals surface area contributed by atoms with Crippen molar-refractivity contribution in [2.45, 2.75) is 40.0 Å². The zero-order valence-electron chi connectivity index (χ0n) is 14.5. The van der Waals surface area contributed by atoms with E-state index in [0.29, 0.717) is 12.2 Å². The summed E-state index contributed by atoms with van der Waals surface area (Å²) in [6.07, 6.45) is 4.76. The Labute approximate surface area is 138 Å². The van der Waals surface area contributed by atoms with Crippen molar-refractivity contribution in [1.29, 1.82) is 0 Å². The van der Waals surface area contributed by atoms with E-state index in [0.717, 1.165) is 50.2 Å². The van der Waals surface area contributed by atoms with Crippen LogP contribution in [0.15, 0.2) is 24.4 Å². The Balaban J connectivity index is 1.91. The van der Waals surface area contributed by atoms with Crippen LogP contribution in [0.5, 0.6) is 0 Å². The van der Waals surface area contributed by atoms with E-state index in [1.165, 1.54) is 0 Å². The monoisotopic (exact) mass is 316 g/mol. The summed E-state index contributed by atoms with van der Waals surface area (Å²) in [5.74, 6) is -0.0246. The van der Waals surface area contributed by atoms with Gasteiger partial charge in [0.1, 0.15) is 11.3 Å². The van der Waals surface area contributed by atoms with Gasteiger partial charge in [0.25, 0.3) is 5.91 Å². The van der Waals surface area contributed by atoms with Crippen LogP contribution in [0, 0.1) is 0 Å². The van der Waals surface area contributed by atoms with Gasteiger partial charge in [-0.3, -0.25) is 9.20 Å². The first-order valence-corrected chi connectivity index (χ1v) is 8.67. The first kappa shape index (κ1) is 17.5. The zero-order chi connectivity index (χ0) is 16.7. The molecule has 0 atom stereocenters. The third-order valence-corrected chi connectivity index (χ3v) is 4.23. The van der Waals surface area contributed by atoms with E-state index in [1.54, 1.807) is 0 Å². The molecule has 0 spiro atoms. The lowest BCUT2D eigenvalue weighted by Crippen LogP contribution is -2.28. The predicted octanol–water partition coefficient (Wildman–Crippen LogP) is 2.75. The van der Waals surface area contributed by atoms with E-state index in [1.807, 2.05) is 35.7 Å². The van der Waals surface area contributed by atoms with Crippen LogP contribution in [-0.4, -0.2) is 46.4 Å². The summed E-state index contributed by atoms with van der Waals surface area (Å²) in [4.78, 5) is 19.5. The number of unbranched alkanes of at least 4 members (excludes halogenated alkanes) is 1. The van der Waals surface area contributed by atoms with Crippen LogP contribution in [-0.2, 0) is 6.42 Å². The largest absolute Gasteiger partial charge is 0.351 e. The number of carbonyl (C=O) groups excluding carboxylic acids is 1. The second kappa shape index (κ2) is 8.67. The quantitative estimate of drug-likeness (QED) is 0.724. The number of rotatable bonds is 9. The molecular weight excluding hydrogens is 288 g/mol. The number of nitrogens with one attached hydrogen (secondary N) is 1. The predicted molar refractivity (Wildman–Crippen MR) is 93.9 cm³/mol. The first-order valence-electron chi connectivity index (χ1n) is 8.67. The molecule has 1 N–H and O–H groups in total. The van der Waals surface area contributed by atoms with Gasteiger partial charge in [-0.15, -0.1) is 0 Å². The van der Waals surface area contributed by atoms with Gasteiger partial charge in [0.05, 0.1) is 5.69 Å². The summed E-state index contributed by atoms with van der Waals surface area (Å²) in [6, 6.07) is 5.80. The summed E-state index contributed by atoms with van der Waals surface area (Å²) >= 11 is 0. The fourth-order valence-electron chi connectivity index (χ4n) is 2.82. The van der Waals surface area contributed by atoms with E-state index in [2.05, 4.69) is 29.0 Å². The number of carbonyl (C=O) groups is 1. The summed E-state index contributed by atoms with van der Waals surface area (Å²) in [5, 5.41) is 3.04. The maximum absolute atomic E-state index is 12.5. The Kier molecular flexibility index (Phi) is 6.59. The number of amides is 1. The third-order valence-electron chi connectivity index (χ3n) is 4.23. The Morgan fingerprint density at radius 3 is 2.70 bits per heavy atom. The fourth-order valence-corrected chi connectivity index (χ4v) is 2.82. The van der Waals surface area contributed by atoms with Crippen LogP contribution in [0.2, 0.25) is 0 Å². The average molecular weight is 316 g/mol. The molecule has 0 unspecified atom stereocenters. The second-order valence-corrected chi connectivity index (χ2v) is 5.68. The molecule has 0 saturated heterocycles. The first-order chi connectivity index (χ1) is 11.2. The Morgan fingerprint density at radius 1 is 1.22 bits per heavy atom. The van der Waals surface area contributed by atoms with E-state index in [9.17, 15) is 4.79 Å². The minimum absolute atomic E-state index is 0.0246. The minimum Gasteiger partial charge on any atom is -0.351 e. The molecule has 0 bridgehead atoms. The molecule has 5 heteroatoms. The van der Waals surface area contributed by atoms with Crippen LogP contribution in [0.3, 0.4) is 0 Å². The highest BCUT2D eigenvalue weighted by Gasteiger charge is 2.17. The van der Waals surface area contributed by atoms with Gasteiger partial charge in [-0.05, 0) is 51.0 Å². The Bertz CT molecular complexity index is 631. The summed E-state index contributed by atoms with van der Waals surface area (Å²) in [7, 11) is 0. The van der Waals surface area contributed by atoms with Crippen molar-refractivity contribution in [3.63, 3.8) is 0 Å². The molecule has 23 heavy (non-hydrogen) atoms.